The average Bonchev–Trinajstić information content (AvgIpc) is 2.74. The maximum absolute atomic E-state index is 11.4. The van der Waals surface area contributed by atoms with Crippen molar-refractivity contribution in [2.24, 2.45) is 0 Å². The maximum Gasteiger partial charge on any atom is 0.349 e. The van der Waals surface area contributed by atoms with Gasteiger partial charge in [-0.2, -0.15) is 0 Å². The SMILES string of the molecule is CCOC(=O)c1cn2cc(CC)nc2s1. The summed E-state index contributed by atoms with van der Waals surface area (Å²) in [5.41, 5.74) is 1.04. The summed E-state index contributed by atoms with van der Waals surface area (Å²) in [6.45, 7) is 4.25. The third-order valence-electron chi connectivity index (χ3n) is 2.04. The predicted octanol–water partition coefficient (Wildman–Crippen LogP) is 2.13. The van der Waals surface area contributed by atoms with E-state index < -0.39 is 0 Å². The fourth-order valence-corrected chi connectivity index (χ4v) is 2.19. The molecule has 0 spiro atoms. The van der Waals surface area contributed by atoms with Crippen molar-refractivity contribution >= 4 is 22.3 Å². The fourth-order valence-electron chi connectivity index (χ4n) is 1.31. The Hall–Kier alpha value is -1.36. The lowest BCUT2D eigenvalue weighted by molar-refractivity contribution is 0.0531. The molecule has 2 rings (SSSR count). The van der Waals surface area contributed by atoms with Gasteiger partial charge in [0.25, 0.3) is 0 Å². The standard InChI is InChI=1S/C10H12N2O2S/c1-3-7-5-12-6-8(9(13)14-4-2)15-10(12)11-7/h5-6H,3-4H2,1-2H3. The topological polar surface area (TPSA) is 43.6 Å². The van der Waals surface area contributed by atoms with Crippen molar-refractivity contribution in [3.05, 3.63) is 23.0 Å². The van der Waals surface area contributed by atoms with E-state index in [1.165, 1.54) is 11.3 Å². The summed E-state index contributed by atoms with van der Waals surface area (Å²) in [5, 5.41) is 0. The second-order valence-electron chi connectivity index (χ2n) is 3.09. The number of hydrogen-bond donors (Lipinski definition) is 0. The van der Waals surface area contributed by atoms with Gasteiger partial charge < -0.3 is 4.74 Å². The molecular formula is C10H12N2O2S. The molecule has 2 heterocycles. The van der Waals surface area contributed by atoms with E-state index in [-0.39, 0.29) is 5.97 Å². The Balaban J connectivity index is 2.32. The number of thiazole rings is 1. The lowest BCUT2D eigenvalue weighted by atomic mass is 10.4. The van der Waals surface area contributed by atoms with Gasteiger partial charge in [-0.1, -0.05) is 18.3 Å². The first-order chi connectivity index (χ1) is 7.24. The monoisotopic (exact) mass is 224 g/mol. The van der Waals surface area contributed by atoms with E-state index in [4.69, 9.17) is 4.74 Å². The molecule has 80 valence electrons. The number of fused-ring (bicyclic) bond motifs is 1. The zero-order chi connectivity index (χ0) is 10.8. The normalized spacial score (nSPS) is 10.8. The number of ether oxygens (including phenoxy) is 1. The maximum atomic E-state index is 11.4. The number of imidazole rings is 1. The molecule has 0 aliphatic heterocycles. The fraction of sp³-hybridized carbons (Fsp3) is 0.400. The van der Waals surface area contributed by atoms with Crippen LogP contribution in [0.25, 0.3) is 4.96 Å². The molecule has 4 nitrogen and oxygen atoms in total. The average molecular weight is 224 g/mol. The van der Waals surface area contributed by atoms with Gasteiger partial charge in [0.05, 0.1) is 12.3 Å². The number of rotatable bonds is 3. The summed E-state index contributed by atoms with van der Waals surface area (Å²) in [7, 11) is 0. The molecule has 0 bridgehead atoms. The van der Waals surface area contributed by atoms with Gasteiger partial charge in [-0.15, -0.1) is 0 Å². The Bertz CT molecular complexity index is 455. The molecule has 0 saturated carbocycles. The zero-order valence-electron chi connectivity index (χ0n) is 8.69. The first kappa shape index (κ1) is 10.2. The van der Waals surface area contributed by atoms with Crippen molar-refractivity contribution in [3.63, 3.8) is 0 Å². The number of carbonyl (C=O) groups is 1. The minimum absolute atomic E-state index is 0.272. The summed E-state index contributed by atoms with van der Waals surface area (Å²) in [6, 6.07) is 0. The number of aromatic nitrogens is 2. The van der Waals surface area contributed by atoms with Crippen LogP contribution in [-0.2, 0) is 11.2 Å². The zero-order valence-corrected chi connectivity index (χ0v) is 9.50. The van der Waals surface area contributed by atoms with Gasteiger partial charge in [0.2, 0.25) is 0 Å². The van der Waals surface area contributed by atoms with Gasteiger partial charge in [0.1, 0.15) is 4.88 Å². The second-order valence-corrected chi connectivity index (χ2v) is 4.10. The highest BCUT2D eigenvalue weighted by atomic mass is 32.1. The van der Waals surface area contributed by atoms with E-state index in [0.717, 1.165) is 17.1 Å². The number of esters is 1. The van der Waals surface area contributed by atoms with E-state index in [1.54, 1.807) is 13.1 Å². The van der Waals surface area contributed by atoms with Gasteiger partial charge in [-0.25, -0.2) is 9.78 Å². The molecule has 2 aromatic rings. The third-order valence-corrected chi connectivity index (χ3v) is 3.02. The molecule has 2 aromatic heterocycles. The van der Waals surface area contributed by atoms with Crippen LogP contribution in [0.3, 0.4) is 0 Å². The van der Waals surface area contributed by atoms with E-state index in [9.17, 15) is 4.79 Å². The molecule has 0 saturated heterocycles. The highest BCUT2D eigenvalue weighted by Crippen LogP contribution is 2.18. The number of hydrogen-bond acceptors (Lipinski definition) is 4. The summed E-state index contributed by atoms with van der Waals surface area (Å²) >= 11 is 1.36. The van der Waals surface area contributed by atoms with Crippen molar-refractivity contribution in [2.45, 2.75) is 20.3 Å². The summed E-state index contributed by atoms with van der Waals surface area (Å²) in [6.07, 6.45) is 4.61. The van der Waals surface area contributed by atoms with Crippen LogP contribution in [0.2, 0.25) is 0 Å². The molecule has 0 atom stereocenters. The minimum Gasteiger partial charge on any atom is -0.462 e. The van der Waals surface area contributed by atoms with Gasteiger partial charge in [-0.05, 0) is 13.3 Å². The second kappa shape index (κ2) is 4.02. The Labute approximate surface area is 91.5 Å². The summed E-state index contributed by atoms with van der Waals surface area (Å²) in [5.74, 6) is -0.272. The lowest BCUT2D eigenvalue weighted by Crippen LogP contribution is -2.01. The van der Waals surface area contributed by atoms with Crippen molar-refractivity contribution < 1.29 is 9.53 Å². The van der Waals surface area contributed by atoms with Gasteiger partial charge in [-0.3, -0.25) is 4.40 Å². The van der Waals surface area contributed by atoms with Crippen molar-refractivity contribution in [1.82, 2.24) is 9.38 Å². The number of aryl methyl sites for hydroxylation is 1. The molecule has 0 unspecified atom stereocenters. The van der Waals surface area contributed by atoms with Crippen molar-refractivity contribution in [2.75, 3.05) is 6.61 Å². The highest BCUT2D eigenvalue weighted by Gasteiger charge is 2.12. The molecule has 0 amide bonds. The molecule has 0 N–H and O–H groups in total. The molecule has 0 radical (unpaired) electrons. The van der Waals surface area contributed by atoms with E-state index in [0.29, 0.717) is 11.5 Å². The Morgan fingerprint density at radius 1 is 1.53 bits per heavy atom. The molecule has 0 aliphatic rings. The van der Waals surface area contributed by atoms with Gasteiger partial charge >= 0.3 is 5.97 Å². The van der Waals surface area contributed by atoms with Crippen molar-refractivity contribution in [3.8, 4) is 0 Å². The van der Waals surface area contributed by atoms with Crippen LogP contribution in [0, 0.1) is 0 Å². The number of nitrogens with zero attached hydrogens (tertiary/aromatic N) is 2. The molecule has 0 aromatic carbocycles. The Kier molecular flexibility index (Phi) is 2.73. The minimum atomic E-state index is -0.272. The molecule has 0 fully saturated rings. The van der Waals surface area contributed by atoms with E-state index in [1.807, 2.05) is 10.6 Å². The largest absolute Gasteiger partial charge is 0.462 e. The first-order valence-electron chi connectivity index (χ1n) is 4.89. The molecular weight excluding hydrogens is 212 g/mol. The smallest absolute Gasteiger partial charge is 0.349 e. The Morgan fingerprint density at radius 2 is 2.33 bits per heavy atom. The Morgan fingerprint density at radius 3 is 2.93 bits per heavy atom. The van der Waals surface area contributed by atoms with Crippen LogP contribution in [0.4, 0.5) is 0 Å². The molecule has 15 heavy (non-hydrogen) atoms. The lowest BCUT2D eigenvalue weighted by Gasteiger charge is -1.95. The molecule has 5 heteroatoms. The van der Waals surface area contributed by atoms with Gasteiger partial charge in [0, 0.05) is 12.4 Å². The third kappa shape index (κ3) is 1.87. The van der Waals surface area contributed by atoms with Crippen LogP contribution < -0.4 is 0 Å². The highest BCUT2D eigenvalue weighted by molar-refractivity contribution is 7.18. The van der Waals surface area contributed by atoms with Crippen LogP contribution in [0.1, 0.15) is 29.2 Å². The number of carbonyl (C=O) groups excluding carboxylic acids is 1. The van der Waals surface area contributed by atoms with E-state index in [2.05, 4.69) is 11.9 Å². The predicted molar refractivity (Wildman–Crippen MR) is 58.4 cm³/mol. The summed E-state index contributed by atoms with van der Waals surface area (Å²) in [4.78, 5) is 17.2. The summed E-state index contributed by atoms with van der Waals surface area (Å²) < 4.78 is 6.78. The first-order valence-corrected chi connectivity index (χ1v) is 5.70. The molecule has 0 aliphatic carbocycles. The van der Waals surface area contributed by atoms with Crippen molar-refractivity contribution in [1.29, 1.82) is 0 Å². The quantitative estimate of drug-likeness (QED) is 0.750. The van der Waals surface area contributed by atoms with Gasteiger partial charge in [0.15, 0.2) is 4.96 Å². The van der Waals surface area contributed by atoms with Crippen LogP contribution >= 0.6 is 11.3 Å². The van der Waals surface area contributed by atoms with E-state index >= 15 is 0 Å². The van der Waals surface area contributed by atoms with Crippen LogP contribution in [-0.4, -0.2) is 22.0 Å². The van der Waals surface area contributed by atoms with Crippen LogP contribution in [0.5, 0.6) is 0 Å². The van der Waals surface area contributed by atoms with Crippen LogP contribution in [0.15, 0.2) is 12.4 Å².